The maximum absolute atomic E-state index is 11.7. The van der Waals surface area contributed by atoms with E-state index in [9.17, 15) is 4.79 Å². The molecule has 1 unspecified atom stereocenters. The number of nitrogens with zero attached hydrogens (tertiary/aromatic N) is 2. The molecule has 1 aromatic rings. The number of piperidine rings is 1. The van der Waals surface area contributed by atoms with Gasteiger partial charge in [-0.3, -0.25) is 4.79 Å². The molecule has 3 rings (SSSR count). The van der Waals surface area contributed by atoms with E-state index in [1.807, 2.05) is 0 Å². The molecular weight excluding hydrogens is 312 g/mol. The summed E-state index contributed by atoms with van der Waals surface area (Å²) in [5.41, 5.74) is 3.94. The Morgan fingerprint density at radius 3 is 2.92 bits per heavy atom. The molecule has 0 aromatic heterocycles. The zero-order valence-electron chi connectivity index (χ0n) is 15.7. The Bertz CT molecular complexity index is 670. The summed E-state index contributed by atoms with van der Waals surface area (Å²) >= 11 is 0. The molecule has 1 atom stereocenters. The van der Waals surface area contributed by atoms with Crippen LogP contribution in [0, 0.1) is 19.3 Å². The van der Waals surface area contributed by atoms with Crippen LogP contribution in [0.5, 0.6) is 0 Å². The highest BCUT2D eigenvalue weighted by molar-refractivity contribution is 5.81. The van der Waals surface area contributed by atoms with E-state index in [0.29, 0.717) is 13.0 Å². The van der Waals surface area contributed by atoms with E-state index in [-0.39, 0.29) is 11.3 Å². The van der Waals surface area contributed by atoms with Crippen LogP contribution in [0.2, 0.25) is 0 Å². The maximum Gasteiger partial charge on any atom is 0.220 e. The lowest BCUT2D eigenvalue weighted by Gasteiger charge is -2.40. The van der Waals surface area contributed by atoms with Gasteiger partial charge in [0.1, 0.15) is 0 Å². The fourth-order valence-electron chi connectivity index (χ4n) is 4.04. The van der Waals surface area contributed by atoms with Crippen LogP contribution in [0.3, 0.4) is 0 Å². The molecule has 0 radical (unpaired) electrons. The molecule has 0 aliphatic carbocycles. The first kappa shape index (κ1) is 17.8. The second kappa shape index (κ2) is 7.46. The molecule has 5 heteroatoms. The fraction of sp³-hybridized carbons (Fsp3) is 0.600. The van der Waals surface area contributed by atoms with E-state index in [4.69, 9.17) is 4.99 Å². The number of aryl methyl sites for hydroxylation is 2. The van der Waals surface area contributed by atoms with E-state index >= 15 is 0 Å². The van der Waals surface area contributed by atoms with Crippen molar-refractivity contribution in [2.24, 2.45) is 10.4 Å². The molecule has 1 aromatic carbocycles. The van der Waals surface area contributed by atoms with Crippen LogP contribution < -0.4 is 10.6 Å². The number of rotatable bonds is 3. The average molecular weight is 342 g/mol. The molecule has 2 N–H and O–H groups in total. The monoisotopic (exact) mass is 342 g/mol. The first-order valence-corrected chi connectivity index (χ1v) is 9.37. The van der Waals surface area contributed by atoms with Crippen molar-refractivity contribution in [1.82, 2.24) is 15.5 Å². The van der Waals surface area contributed by atoms with Crippen molar-refractivity contribution in [3.8, 4) is 0 Å². The van der Waals surface area contributed by atoms with Crippen molar-refractivity contribution >= 4 is 11.9 Å². The minimum absolute atomic E-state index is 0.0886. The van der Waals surface area contributed by atoms with Crippen LogP contribution in [0.1, 0.15) is 42.9 Å². The molecule has 2 fully saturated rings. The molecule has 2 heterocycles. The van der Waals surface area contributed by atoms with Gasteiger partial charge in [-0.1, -0.05) is 23.8 Å². The van der Waals surface area contributed by atoms with Crippen molar-refractivity contribution in [3.05, 3.63) is 34.9 Å². The largest absolute Gasteiger partial charge is 0.357 e. The quantitative estimate of drug-likeness (QED) is 0.655. The molecule has 2 aliphatic heterocycles. The number of amides is 1. The van der Waals surface area contributed by atoms with Crippen molar-refractivity contribution in [2.75, 3.05) is 26.2 Å². The van der Waals surface area contributed by atoms with Crippen LogP contribution in [-0.4, -0.2) is 42.9 Å². The summed E-state index contributed by atoms with van der Waals surface area (Å²) in [5.74, 6) is 1.17. The predicted molar refractivity (Wildman–Crippen MR) is 102 cm³/mol. The number of carbonyl (C=O) groups excluding carboxylic acids is 1. The van der Waals surface area contributed by atoms with Crippen molar-refractivity contribution in [1.29, 1.82) is 0 Å². The number of guanidine groups is 1. The lowest BCUT2D eigenvalue weighted by Crippen LogP contribution is -2.51. The zero-order valence-corrected chi connectivity index (χ0v) is 15.7. The lowest BCUT2D eigenvalue weighted by molar-refractivity contribution is -0.119. The van der Waals surface area contributed by atoms with Gasteiger partial charge in [0, 0.05) is 38.0 Å². The summed E-state index contributed by atoms with van der Waals surface area (Å²) in [6, 6.07) is 6.54. The van der Waals surface area contributed by atoms with E-state index < -0.39 is 0 Å². The second-order valence-corrected chi connectivity index (χ2v) is 7.58. The number of benzene rings is 1. The molecule has 1 spiro atoms. The third kappa shape index (κ3) is 4.14. The molecule has 0 bridgehead atoms. The SMILES string of the molecule is CCNC(=NCc1ccc(C)cc1C)N1CCCC2(CNC(=O)C2)C1. The lowest BCUT2D eigenvalue weighted by atomic mass is 9.79. The molecule has 25 heavy (non-hydrogen) atoms. The molecular formula is C20H30N4O. The van der Waals surface area contributed by atoms with Crippen LogP contribution in [0.25, 0.3) is 0 Å². The van der Waals surface area contributed by atoms with Crippen LogP contribution in [0.15, 0.2) is 23.2 Å². The Kier molecular flexibility index (Phi) is 5.30. The third-order valence-electron chi connectivity index (χ3n) is 5.39. The first-order valence-electron chi connectivity index (χ1n) is 9.37. The van der Waals surface area contributed by atoms with Crippen LogP contribution >= 0.6 is 0 Å². The van der Waals surface area contributed by atoms with Gasteiger partial charge >= 0.3 is 0 Å². The summed E-state index contributed by atoms with van der Waals surface area (Å²) in [5, 5.41) is 6.46. The minimum atomic E-state index is 0.0886. The number of nitrogens with one attached hydrogen (secondary N) is 2. The molecule has 5 nitrogen and oxygen atoms in total. The van der Waals surface area contributed by atoms with Gasteiger partial charge in [0.25, 0.3) is 0 Å². The Morgan fingerprint density at radius 1 is 1.40 bits per heavy atom. The summed E-state index contributed by atoms with van der Waals surface area (Å²) in [4.78, 5) is 19.0. The van der Waals surface area contributed by atoms with Crippen LogP contribution in [0.4, 0.5) is 0 Å². The maximum atomic E-state index is 11.7. The van der Waals surface area contributed by atoms with Gasteiger partial charge in [-0.25, -0.2) is 4.99 Å². The van der Waals surface area contributed by atoms with E-state index in [2.05, 4.69) is 54.5 Å². The van der Waals surface area contributed by atoms with E-state index in [1.165, 1.54) is 16.7 Å². The van der Waals surface area contributed by atoms with Gasteiger partial charge in [0.15, 0.2) is 5.96 Å². The second-order valence-electron chi connectivity index (χ2n) is 7.58. The number of aliphatic imine (C=N–C) groups is 1. The van der Waals surface area contributed by atoms with Crippen LogP contribution in [-0.2, 0) is 11.3 Å². The normalized spacial score (nSPS) is 23.9. The summed E-state index contributed by atoms with van der Waals surface area (Å²) in [6.45, 7) is 10.6. The van der Waals surface area contributed by atoms with Gasteiger partial charge in [0.2, 0.25) is 5.91 Å². The minimum Gasteiger partial charge on any atom is -0.357 e. The molecule has 1 amide bonds. The Labute approximate surface area is 150 Å². The highest BCUT2D eigenvalue weighted by atomic mass is 16.1. The highest BCUT2D eigenvalue weighted by Crippen LogP contribution is 2.36. The Hall–Kier alpha value is -2.04. The van der Waals surface area contributed by atoms with Gasteiger partial charge in [-0.15, -0.1) is 0 Å². The topological polar surface area (TPSA) is 56.7 Å². The first-order chi connectivity index (χ1) is 12.0. The van der Waals surface area contributed by atoms with Crippen molar-refractivity contribution in [3.63, 3.8) is 0 Å². The van der Waals surface area contributed by atoms with Gasteiger partial charge in [-0.05, 0) is 44.7 Å². The van der Waals surface area contributed by atoms with E-state index in [0.717, 1.165) is 45.0 Å². The number of hydrogen-bond donors (Lipinski definition) is 2. The highest BCUT2D eigenvalue weighted by Gasteiger charge is 2.42. The van der Waals surface area contributed by atoms with Gasteiger partial charge in [0.05, 0.1) is 6.54 Å². The molecule has 2 aliphatic rings. The fourth-order valence-corrected chi connectivity index (χ4v) is 4.04. The average Bonchev–Trinajstić information content (AvgIpc) is 2.93. The van der Waals surface area contributed by atoms with E-state index in [1.54, 1.807) is 0 Å². The number of hydrogen-bond acceptors (Lipinski definition) is 2. The summed E-state index contributed by atoms with van der Waals surface area (Å²) in [6.07, 6.45) is 2.89. The smallest absolute Gasteiger partial charge is 0.220 e. The van der Waals surface area contributed by atoms with Gasteiger partial charge in [-0.2, -0.15) is 0 Å². The third-order valence-corrected chi connectivity index (χ3v) is 5.39. The Morgan fingerprint density at radius 2 is 2.24 bits per heavy atom. The summed E-state index contributed by atoms with van der Waals surface area (Å²) < 4.78 is 0. The van der Waals surface area contributed by atoms with Crippen molar-refractivity contribution in [2.45, 2.75) is 46.6 Å². The zero-order chi connectivity index (χ0) is 17.9. The summed E-state index contributed by atoms with van der Waals surface area (Å²) in [7, 11) is 0. The standard InChI is InChI=1S/C20H30N4O/c1-4-21-19(22-12-17-7-6-15(2)10-16(17)3)24-9-5-8-20(14-24)11-18(25)23-13-20/h6-7,10H,4-5,8-9,11-14H2,1-3H3,(H,21,22)(H,23,25). The Balaban J connectivity index is 1.74. The number of likely N-dealkylation sites (tertiary alicyclic amines) is 1. The predicted octanol–water partition coefficient (Wildman–Crippen LogP) is 2.37. The molecule has 2 saturated heterocycles. The van der Waals surface area contributed by atoms with Gasteiger partial charge < -0.3 is 15.5 Å². The number of carbonyl (C=O) groups is 1. The van der Waals surface area contributed by atoms with Crippen molar-refractivity contribution < 1.29 is 4.79 Å². The molecule has 136 valence electrons. The molecule has 0 saturated carbocycles.